The summed E-state index contributed by atoms with van der Waals surface area (Å²) in [6, 6.07) is 4.43. The van der Waals surface area contributed by atoms with Crippen LogP contribution in [0.1, 0.15) is 0 Å². The van der Waals surface area contributed by atoms with Gasteiger partial charge >= 0.3 is 0 Å². The van der Waals surface area contributed by atoms with Crippen LogP contribution in [0.4, 0.5) is 10.2 Å². The maximum atomic E-state index is 13.2. The Morgan fingerprint density at radius 2 is 2.25 bits per heavy atom. The van der Waals surface area contributed by atoms with E-state index in [1.54, 1.807) is 12.1 Å². The Kier molecular flexibility index (Phi) is 2.70. The van der Waals surface area contributed by atoms with Gasteiger partial charge in [-0.3, -0.25) is 5.10 Å². The van der Waals surface area contributed by atoms with E-state index in [0.29, 0.717) is 17.1 Å². The molecule has 2 aromatic rings. The third-order valence-electron chi connectivity index (χ3n) is 2.14. The zero-order valence-corrected chi connectivity index (χ0v) is 9.18. The molecule has 0 amide bonds. The summed E-state index contributed by atoms with van der Waals surface area (Å²) in [5, 5.41) is 6.43. The molecule has 0 unspecified atom stereocenters. The molecule has 3 N–H and O–H groups in total. The number of aromatic amines is 1. The van der Waals surface area contributed by atoms with Gasteiger partial charge in [0, 0.05) is 11.6 Å². The highest BCUT2D eigenvalue weighted by Crippen LogP contribution is 2.37. The maximum Gasteiger partial charge on any atom is 0.149 e. The molecule has 0 aliphatic carbocycles. The SMILES string of the molecule is COc1c(-c2cc(N)n[nH]2)ccc(F)c1Cl. The van der Waals surface area contributed by atoms with Crippen molar-refractivity contribution in [3.05, 3.63) is 29.0 Å². The highest BCUT2D eigenvalue weighted by Gasteiger charge is 2.15. The highest BCUT2D eigenvalue weighted by atomic mass is 35.5. The van der Waals surface area contributed by atoms with Crippen LogP contribution in [0.15, 0.2) is 18.2 Å². The minimum absolute atomic E-state index is 0.0619. The van der Waals surface area contributed by atoms with Crippen molar-refractivity contribution in [2.45, 2.75) is 0 Å². The fraction of sp³-hybridized carbons (Fsp3) is 0.100. The minimum atomic E-state index is -0.533. The van der Waals surface area contributed by atoms with Gasteiger partial charge in [-0.1, -0.05) is 11.6 Å². The first kappa shape index (κ1) is 10.8. The lowest BCUT2D eigenvalue weighted by molar-refractivity contribution is 0.413. The van der Waals surface area contributed by atoms with E-state index in [9.17, 15) is 4.39 Å². The van der Waals surface area contributed by atoms with Crippen LogP contribution < -0.4 is 10.5 Å². The van der Waals surface area contributed by atoms with Gasteiger partial charge in [0.05, 0.1) is 12.8 Å². The Morgan fingerprint density at radius 3 is 2.81 bits per heavy atom. The summed E-state index contributed by atoms with van der Waals surface area (Å²) in [6.07, 6.45) is 0. The van der Waals surface area contributed by atoms with Crippen LogP contribution in [0, 0.1) is 5.82 Å². The topological polar surface area (TPSA) is 63.9 Å². The summed E-state index contributed by atoms with van der Waals surface area (Å²) in [5.74, 6) is 0.0672. The maximum absolute atomic E-state index is 13.2. The van der Waals surface area contributed by atoms with Crippen LogP contribution >= 0.6 is 11.6 Å². The second-order valence-electron chi connectivity index (χ2n) is 3.15. The van der Waals surface area contributed by atoms with Crippen molar-refractivity contribution in [3.63, 3.8) is 0 Å². The van der Waals surface area contributed by atoms with Gasteiger partial charge in [-0.2, -0.15) is 5.10 Å². The molecule has 0 spiro atoms. The Labute approximate surface area is 96.2 Å². The number of benzene rings is 1. The van der Waals surface area contributed by atoms with Crippen molar-refractivity contribution >= 4 is 17.4 Å². The molecular formula is C10H9ClFN3O. The van der Waals surface area contributed by atoms with E-state index in [2.05, 4.69) is 10.2 Å². The van der Waals surface area contributed by atoms with E-state index in [-0.39, 0.29) is 10.8 Å². The number of anilines is 1. The Hall–Kier alpha value is -1.75. The minimum Gasteiger partial charge on any atom is -0.494 e. The monoisotopic (exact) mass is 241 g/mol. The van der Waals surface area contributed by atoms with Crippen LogP contribution in [0.2, 0.25) is 5.02 Å². The number of nitrogens with zero attached hydrogens (tertiary/aromatic N) is 1. The molecular weight excluding hydrogens is 233 g/mol. The van der Waals surface area contributed by atoms with E-state index in [1.807, 2.05) is 0 Å². The van der Waals surface area contributed by atoms with Gasteiger partial charge in [-0.05, 0) is 12.1 Å². The largest absolute Gasteiger partial charge is 0.494 e. The standard InChI is InChI=1S/C10H9ClFN3O/c1-16-10-5(2-3-6(12)9(10)11)7-4-8(13)15-14-7/h2-4H,1H3,(H3,13,14,15). The molecule has 1 heterocycles. The summed E-state index contributed by atoms with van der Waals surface area (Å²) < 4.78 is 18.3. The van der Waals surface area contributed by atoms with Crippen molar-refractivity contribution in [2.24, 2.45) is 0 Å². The Bertz CT molecular complexity index is 527. The van der Waals surface area contributed by atoms with Crippen LogP contribution in [0.3, 0.4) is 0 Å². The normalized spacial score (nSPS) is 10.4. The number of nitrogens with two attached hydrogens (primary N) is 1. The van der Waals surface area contributed by atoms with E-state index >= 15 is 0 Å². The average Bonchev–Trinajstić information content (AvgIpc) is 2.68. The van der Waals surface area contributed by atoms with Crippen molar-refractivity contribution in [1.82, 2.24) is 10.2 Å². The molecule has 0 saturated heterocycles. The molecule has 2 rings (SSSR count). The molecule has 4 nitrogen and oxygen atoms in total. The number of nitrogen functional groups attached to an aromatic ring is 1. The lowest BCUT2D eigenvalue weighted by Crippen LogP contribution is -1.91. The lowest BCUT2D eigenvalue weighted by Gasteiger charge is -2.08. The molecule has 0 aliphatic rings. The smallest absolute Gasteiger partial charge is 0.149 e. The molecule has 16 heavy (non-hydrogen) atoms. The second-order valence-corrected chi connectivity index (χ2v) is 3.53. The molecule has 1 aromatic heterocycles. The number of hydrogen-bond donors (Lipinski definition) is 2. The fourth-order valence-electron chi connectivity index (χ4n) is 1.42. The molecule has 1 aromatic carbocycles. The van der Waals surface area contributed by atoms with Crippen LogP contribution in [-0.4, -0.2) is 17.3 Å². The molecule has 0 bridgehead atoms. The van der Waals surface area contributed by atoms with Gasteiger partial charge in [-0.15, -0.1) is 0 Å². The number of hydrogen-bond acceptors (Lipinski definition) is 3. The van der Waals surface area contributed by atoms with Crippen molar-refractivity contribution < 1.29 is 9.13 Å². The average molecular weight is 242 g/mol. The Morgan fingerprint density at radius 1 is 1.50 bits per heavy atom. The second kappa shape index (κ2) is 4.02. The summed E-state index contributed by atoms with van der Waals surface area (Å²) >= 11 is 5.79. The first-order valence-corrected chi connectivity index (χ1v) is 4.84. The molecule has 6 heteroatoms. The highest BCUT2D eigenvalue weighted by molar-refractivity contribution is 6.32. The van der Waals surface area contributed by atoms with Crippen molar-refractivity contribution in [1.29, 1.82) is 0 Å². The van der Waals surface area contributed by atoms with Crippen LogP contribution in [0.25, 0.3) is 11.3 Å². The zero-order valence-electron chi connectivity index (χ0n) is 8.42. The Balaban J connectivity index is 2.61. The quantitative estimate of drug-likeness (QED) is 0.849. The van der Waals surface area contributed by atoms with E-state index in [1.165, 1.54) is 13.2 Å². The molecule has 0 fully saturated rings. The predicted octanol–water partition coefficient (Wildman–Crippen LogP) is 2.46. The molecule has 0 saturated carbocycles. The van der Waals surface area contributed by atoms with Gasteiger partial charge in [0.1, 0.15) is 22.4 Å². The number of rotatable bonds is 2. The number of ether oxygens (including phenoxy) is 1. The fourth-order valence-corrected chi connectivity index (χ4v) is 1.66. The van der Waals surface area contributed by atoms with Gasteiger partial charge < -0.3 is 10.5 Å². The van der Waals surface area contributed by atoms with Crippen molar-refractivity contribution in [2.75, 3.05) is 12.8 Å². The van der Waals surface area contributed by atoms with E-state index in [4.69, 9.17) is 22.1 Å². The molecule has 84 valence electrons. The number of nitrogens with one attached hydrogen (secondary N) is 1. The third-order valence-corrected chi connectivity index (χ3v) is 2.49. The van der Waals surface area contributed by atoms with E-state index in [0.717, 1.165) is 0 Å². The summed E-state index contributed by atoms with van der Waals surface area (Å²) in [4.78, 5) is 0. The van der Waals surface area contributed by atoms with Gasteiger partial charge in [0.15, 0.2) is 0 Å². The summed E-state index contributed by atoms with van der Waals surface area (Å²) in [5.41, 5.74) is 6.72. The molecule has 0 radical (unpaired) electrons. The third kappa shape index (κ3) is 1.69. The van der Waals surface area contributed by atoms with Crippen LogP contribution in [-0.2, 0) is 0 Å². The zero-order chi connectivity index (χ0) is 11.7. The summed E-state index contributed by atoms with van der Waals surface area (Å²) in [6.45, 7) is 0. The van der Waals surface area contributed by atoms with Crippen LogP contribution in [0.5, 0.6) is 5.75 Å². The van der Waals surface area contributed by atoms with Crippen molar-refractivity contribution in [3.8, 4) is 17.0 Å². The predicted molar refractivity (Wildman–Crippen MR) is 60.0 cm³/mol. The number of aromatic nitrogens is 2. The van der Waals surface area contributed by atoms with Gasteiger partial charge in [0.25, 0.3) is 0 Å². The first-order valence-electron chi connectivity index (χ1n) is 4.46. The molecule has 0 atom stereocenters. The number of methoxy groups -OCH3 is 1. The lowest BCUT2D eigenvalue weighted by atomic mass is 10.1. The van der Waals surface area contributed by atoms with Gasteiger partial charge in [-0.25, -0.2) is 4.39 Å². The number of halogens is 2. The van der Waals surface area contributed by atoms with E-state index < -0.39 is 5.82 Å². The molecule has 0 aliphatic heterocycles. The number of H-pyrrole nitrogens is 1. The van der Waals surface area contributed by atoms with Gasteiger partial charge in [0.2, 0.25) is 0 Å². The first-order chi connectivity index (χ1) is 7.63. The summed E-state index contributed by atoms with van der Waals surface area (Å²) in [7, 11) is 1.42.